The summed E-state index contributed by atoms with van der Waals surface area (Å²) in [6.07, 6.45) is 0.679. The molecule has 1 amide bonds. The second-order valence-electron chi connectivity index (χ2n) is 4.51. The minimum atomic E-state index is -0.226. The lowest BCUT2D eigenvalue weighted by atomic mass is 10.1. The number of hydrogen-bond acceptors (Lipinski definition) is 1. The van der Waals surface area contributed by atoms with Crippen molar-refractivity contribution in [2.24, 2.45) is 0 Å². The molecule has 2 rings (SSSR count). The van der Waals surface area contributed by atoms with E-state index in [-0.39, 0.29) is 10.7 Å². The first-order valence-electron chi connectivity index (χ1n) is 6.20. The third kappa shape index (κ3) is 4.21. The molecular weight excluding hydrogens is 302 g/mol. The molecule has 0 bridgehead atoms. The van der Waals surface area contributed by atoms with Gasteiger partial charge < -0.3 is 5.32 Å². The summed E-state index contributed by atoms with van der Waals surface area (Å²) in [6, 6.07) is 17.8. The molecule has 1 unspecified atom stereocenters. The fourth-order valence-corrected chi connectivity index (χ4v) is 2.26. The number of rotatable bonds is 4. The van der Waals surface area contributed by atoms with Gasteiger partial charge in [-0.2, -0.15) is 0 Å². The molecule has 2 aromatic carbocycles. The maximum absolute atomic E-state index is 12.0. The molecule has 2 nitrogen and oxygen atoms in total. The number of anilines is 1. The number of amides is 1. The zero-order valence-corrected chi connectivity index (χ0v) is 12.4. The van der Waals surface area contributed by atoms with E-state index in [1.807, 2.05) is 61.5 Å². The molecule has 0 fully saturated rings. The van der Waals surface area contributed by atoms with Crippen LogP contribution in [0.4, 0.5) is 5.69 Å². The Balaban J connectivity index is 1.94. The standard InChI is InChI=1S/C16H16BrNO/c1-12-7-9-14(10-8-12)18-16(19)15(17)11-13-5-3-2-4-6-13/h2-10,15H,11H2,1H3,(H,18,19). The Hall–Kier alpha value is -1.61. The molecule has 2 aromatic rings. The zero-order valence-electron chi connectivity index (χ0n) is 10.8. The fraction of sp³-hybridized carbons (Fsp3) is 0.188. The number of halogens is 1. The highest BCUT2D eigenvalue weighted by atomic mass is 79.9. The highest BCUT2D eigenvalue weighted by Gasteiger charge is 2.15. The maximum Gasteiger partial charge on any atom is 0.238 e. The Kier molecular flexibility index (Phi) is 4.74. The number of nitrogens with one attached hydrogen (secondary N) is 1. The summed E-state index contributed by atoms with van der Waals surface area (Å²) in [6.45, 7) is 2.02. The van der Waals surface area contributed by atoms with Crippen LogP contribution in [0.15, 0.2) is 54.6 Å². The van der Waals surface area contributed by atoms with Crippen LogP contribution in [0, 0.1) is 6.92 Å². The molecule has 0 aliphatic heterocycles. The van der Waals surface area contributed by atoms with Crippen molar-refractivity contribution in [3.05, 3.63) is 65.7 Å². The molecule has 0 aromatic heterocycles. The molecular formula is C16H16BrNO. The zero-order chi connectivity index (χ0) is 13.7. The molecule has 0 radical (unpaired) electrons. The molecule has 0 heterocycles. The van der Waals surface area contributed by atoms with Gasteiger partial charge in [-0.1, -0.05) is 64.0 Å². The second-order valence-corrected chi connectivity index (χ2v) is 5.62. The Morgan fingerprint density at radius 3 is 2.37 bits per heavy atom. The largest absolute Gasteiger partial charge is 0.325 e. The fourth-order valence-electron chi connectivity index (χ4n) is 1.77. The average Bonchev–Trinajstić information content (AvgIpc) is 2.42. The summed E-state index contributed by atoms with van der Waals surface area (Å²) in [7, 11) is 0. The second kappa shape index (κ2) is 6.53. The van der Waals surface area contributed by atoms with Crippen molar-refractivity contribution in [2.45, 2.75) is 18.2 Å². The van der Waals surface area contributed by atoms with Gasteiger partial charge in [-0.15, -0.1) is 0 Å². The molecule has 0 spiro atoms. The quantitative estimate of drug-likeness (QED) is 0.850. The minimum absolute atomic E-state index is 0.0206. The van der Waals surface area contributed by atoms with Crippen LogP contribution in [0.5, 0.6) is 0 Å². The normalized spacial score (nSPS) is 11.9. The van der Waals surface area contributed by atoms with Crippen LogP contribution in [0.25, 0.3) is 0 Å². The summed E-state index contributed by atoms with van der Waals surface area (Å²) < 4.78 is 0. The van der Waals surface area contributed by atoms with Crippen molar-refractivity contribution in [3.63, 3.8) is 0 Å². The van der Waals surface area contributed by atoms with Crippen LogP contribution in [-0.2, 0) is 11.2 Å². The predicted octanol–water partition coefficient (Wildman–Crippen LogP) is 3.94. The molecule has 19 heavy (non-hydrogen) atoms. The van der Waals surface area contributed by atoms with Gasteiger partial charge in [0.05, 0.1) is 4.83 Å². The third-order valence-corrected chi connectivity index (χ3v) is 3.60. The smallest absolute Gasteiger partial charge is 0.238 e. The summed E-state index contributed by atoms with van der Waals surface area (Å²) in [4.78, 5) is 11.8. The van der Waals surface area contributed by atoms with E-state index in [0.29, 0.717) is 6.42 Å². The van der Waals surface area contributed by atoms with Gasteiger partial charge in [0.1, 0.15) is 0 Å². The van der Waals surface area contributed by atoms with Gasteiger partial charge >= 0.3 is 0 Å². The van der Waals surface area contributed by atoms with Crippen LogP contribution in [0.2, 0.25) is 0 Å². The van der Waals surface area contributed by atoms with Gasteiger partial charge in [0.25, 0.3) is 0 Å². The van der Waals surface area contributed by atoms with Gasteiger partial charge in [0.15, 0.2) is 0 Å². The van der Waals surface area contributed by atoms with E-state index in [1.54, 1.807) is 0 Å². The van der Waals surface area contributed by atoms with Crippen molar-refractivity contribution in [1.29, 1.82) is 0 Å². The van der Waals surface area contributed by atoms with Crippen molar-refractivity contribution in [2.75, 3.05) is 5.32 Å². The first-order valence-corrected chi connectivity index (χ1v) is 7.12. The Labute approximate surface area is 122 Å². The summed E-state index contributed by atoms with van der Waals surface area (Å²) >= 11 is 3.44. The number of hydrogen-bond donors (Lipinski definition) is 1. The van der Waals surface area contributed by atoms with Crippen LogP contribution in [0.3, 0.4) is 0 Å². The monoisotopic (exact) mass is 317 g/mol. The van der Waals surface area contributed by atoms with E-state index < -0.39 is 0 Å². The minimum Gasteiger partial charge on any atom is -0.325 e. The number of alkyl halides is 1. The Bertz CT molecular complexity index is 536. The summed E-state index contributed by atoms with van der Waals surface area (Å²) in [5, 5.41) is 2.90. The number of benzene rings is 2. The van der Waals surface area contributed by atoms with E-state index in [1.165, 1.54) is 5.56 Å². The summed E-state index contributed by atoms with van der Waals surface area (Å²) in [5.74, 6) is -0.0206. The van der Waals surface area contributed by atoms with Crippen molar-refractivity contribution in [3.8, 4) is 0 Å². The van der Waals surface area contributed by atoms with E-state index >= 15 is 0 Å². The SMILES string of the molecule is Cc1ccc(NC(=O)C(Br)Cc2ccccc2)cc1. The molecule has 0 aliphatic carbocycles. The lowest BCUT2D eigenvalue weighted by Crippen LogP contribution is -2.24. The van der Waals surface area contributed by atoms with Gasteiger partial charge in [-0.25, -0.2) is 0 Å². The molecule has 98 valence electrons. The summed E-state index contributed by atoms with van der Waals surface area (Å²) in [5.41, 5.74) is 3.15. The van der Waals surface area contributed by atoms with E-state index in [2.05, 4.69) is 21.2 Å². The van der Waals surface area contributed by atoms with Crippen LogP contribution in [-0.4, -0.2) is 10.7 Å². The Morgan fingerprint density at radius 2 is 1.74 bits per heavy atom. The first-order chi connectivity index (χ1) is 9.15. The molecule has 0 saturated heterocycles. The topological polar surface area (TPSA) is 29.1 Å². The van der Waals surface area contributed by atoms with E-state index in [4.69, 9.17) is 0 Å². The molecule has 3 heteroatoms. The predicted molar refractivity (Wildman–Crippen MR) is 82.7 cm³/mol. The number of carbonyl (C=O) groups excluding carboxylic acids is 1. The number of aryl methyl sites for hydroxylation is 1. The van der Waals surface area contributed by atoms with E-state index in [0.717, 1.165) is 11.3 Å². The third-order valence-electron chi connectivity index (χ3n) is 2.86. The molecule has 1 N–H and O–H groups in total. The number of carbonyl (C=O) groups is 1. The lowest BCUT2D eigenvalue weighted by Gasteiger charge is -2.11. The van der Waals surface area contributed by atoms with Gasteiger partial charge in [-0.3, -0.25) is 4.79 Å². The Morgan fingerprint density at radius 1 is 1.11 bits per heavy atom. The molecule has 0 aliphatic rings. The first kappa shape index (κ1) is 13.8. The van der Waals surface area contributed by atoms with Gasteiger partial charge in [0.2, 0.25) is 5.91 Å². The average molecular weight is 318 g/mol. The van der Waals surface area contributed by atoms with Crippen molar-refractivity contribution in [1.82, 2.24) is 0 Å². The van der Waals surface area contributed by atoms with Gasteiger partial charge in [0, 0.05) is 5.69 Å². The van der Waals surface area contributed by atoms with Crippen LogP contribution >= 0.6 is 15.9 Å². The maximum atomic E-state index is 12.0. The van der Waals surface area contributed by atoms with Crippen LogP contribution in [0.1, 0.15) is 11.1 Å². The lowest BCUT2D eigenvalue weighted by molar-refractivity contribution is -0.115. The molecule has 1 atom stereocenters. The van der Waals surface area contributed by atoms with Crippen molar-refractivity contribution >= 4 is 27.5 Å². The van der Waals surface area contributed by atoms with E-state index in [9.17, 15) is 4.79 Å². The van der Waals surface area contributed by atoms with Gasteiger partial charge in [-0.05, 0) is 31.0 Å². The highest BCUT2D eigenvalue weighted by molar-refractivity contribution is 9.10. The highest BCUT2D eigenvalue weighted by Crippen LogP contribution is 2.14. The molecule has 0 saturated carbocycles. The van der Waals surface area contributed by atoms with Crippen molar-refractivity contribution < 1.29 is 4.79 Å². The van der Waals surface area contributed by atoms with Crippen LogP contribution < -0.4 is 5.32 Å².